The lowest BCUT2D eigenvalue weighted by Gasteiger charge is -2.30. The number of hydrogen-bond acceptors (Lipinski definition) is 9. The number of piperidine rings is 1. The highest BCUT2D eigenvalue weighted by molar-refractivity contribution is 9.10. The lowest BCUT2D eigenvalue weighted by atomic mass is 10.0. The van der Waals surface area contributed by atoms with Crippen molar-refractivity contribution in [3.05, 3.63) is 63.9 Å². The number of aliphatic hydroxyl groups excluding tert-OH is 1. The smallest absolute Gasteiger partial charge is 0.248 e. The Morgan fingerprint density at radius 1 is 1.09 bits per heavy atom. The molecule has 3 aromatic heterocycles. The number of hydrogen-bond donors (Lipinski definition) is 3. The number of fused-ring (bicyclic) bond motifs is 2. The lowest BCUT2D eigenvalue weighted by molar-refractivity contribution is -0.151. The van der Waals surface area contributed by atoms with Crippen LogP contribution in [0.25, 0.3) is 22.0 Å². The maximum atomic E-state index is 14.0. The van der Waals surface area contributed by atoms with E-state index in [9.17, 15) is 24.6 Å². The Morgan fingerprint density at radius 2 is 1.81 bits per heavy atom. The van der Waals surface area contributed by atoms with Crippen LogP contribution < -0.4 is 5.32 Å². The van der Waals surface area contributed by atoms with Gasteiger partial charge in [-0.05, 0) is 78.0 Å². The number of nitrogens with zero attached hydrogens (tertiary/aromatic N) is 6. The number of anilines is 1. The minimum absolute atomic E-state index is 0.0187. The molecule has 1 saturated carbocycles. The Hall–Kier alpha value is -4.07. The van der Waals surface area contributed by atoms with E-state index in [4.69, 9.17) is 0 Å². The molecule has 2 amide bonds. The van der Waals surface area contributed by atoms with Gasteiger partial charge in [-0.15, -0.1) is 0 Å². The molecule has 1 aromatic carbocycles. The first-order valence-corrected chi connectivity index (χ1v) is 14.6. The summed E-state index contributed by atoms with van der Waals surface area (Å²) in [5.74, 6) is -0.594. The van der Waals surface area contributed by atoms with Gasteiger partial charge in [0.15, 0.2) is 0 Å². The molecule has 13 heteroatoms. The molecule has 0 spiro atoms. The number of aliphatic hydroxyl groups is 2. The standard InChI is InChI=1S/C30H30BrN7O5/c1-15-5-6-23(31)34-27(15)35-28(42)21-9-29(4)14-30(29,43)38(21)24(41)12-37-26-16(2)7-18(19-10-32-17(3)33-11-19)8-20(26)25(36-37)22(40)13-39/h5-8,10-11,21,39,43H,9,12-14H2,1-4H3,(H,34,35,42)/t21-,29-,30-/m0/s1. The largest absolute Gasteiger partial charge is 0.388 e. The molecule has 2 aliphatic rings. The maximum Gasteiger partial charge on any atom is 0.248 e. The number of aromatic nitrogens is 5. The van der Waals surface area contributed by atoms with Crippen molar-refractivity contribution in [2.24, 2.45) is 5.41 Å². The van der Waals surface area contributed by atoms with Gasteiger partial charge < -0.3 is 20.4 Å². The molecular weight excluding hydrogens is 618 g/mol. The van der Waals surface area contributed by atoms with E-state index in [1.165, 1.54) is 9.58 Å². The molecule has 6 rings (SSSR count). The molecule has 1 aliphatic heterocycles. The first kappa shape index (κ1) is 29.0. The summed E-state index contributed by atoms with van der Waals surface area (Å²) in [7, 11) is 0. The normalized spacial score (nSPS) is 22.5. The highest BCUT2D eigenvalue weighted by Crippen LogP contribution is 2.66. The SMILES string of the molecule is Cc1ncc(-c2cc(C)c3c(c2)c(C(=O)CO)nn3CC(=O)N2[C@H](C(=O)Nc3nc(Br)ccc3C)C[C@@]3(C)C[C@@]23O)cn1. The second-order valence-electron chi connectivity index (χ2n) is 11.6. The summed E-state index contributed by atoms with van der Waals surface area (Å²) >= 11 is 3.32. The first-order valence-electron chi connectivity index (χ1n) is 13.8. The molecule has 43 heavy (non-hydrogen) atoms. The Balaban J connectivity index is 1.35. The van der Waals surface area contributed by atoms with Crippen LogP contribution in [0.3, 0.4) is 0 Å². The topological polar surface area (TPSA) is 163 Å². The predicted molar refractivity (Wildman–Crippen MR) is 160 cm³/mol. The number of nitrogens with one attached hydrogen (secondary N) is 1. The molecule has 0 bridgehead atoms. The highest BCUT2D eigenvalue weighted by Gasteiger charge is 2.75. The first-order chi connectivity index (χ1) is 20.3. The van der Waals surface area contributed by atoms with E-state index >= 15 is 0 Å². The molecule has 1 aliphatic carbocycles. The third-order valence-corrected chi connectivity index (χ3v) is 8.99. The van der Waals surface area contributed by atoms with Gasteiger partial charge in [0.1, 0.15) is 46.9 Å². The van der Waals surface area contributed by atoms with Crippen molar-refractivity contribution in [2.45, 2.75) is 58.8 Å². The number of halogens is 1. The molecule has 0 radical (unpaired) electrons. The van der Waals surface area contributed by atoms with Gasteiger partial charge in [0, 0.05) is 35.2 Å². The molecule has 4 heterocycles. The average molecular weight is 649 g/mol. The van der Waals surface area contributed by atoms with Gasteiger partial charge in [-0.1, -0.05) is 13.0 Å². The number of carbonyl (C=O) groups is 3. The van der Waals surface area contributed by atoms with Gasteiger partial charge in [-0.25, -0.2) is 15.0 Å². The van der Waals surface area contributed by atoms with E-state index < -0.39 is 41.4 Å². The van der Waals surface area contributed by atoms with Crippen molar-refractivity contribution in [1.29, 1.82) is 0 Å². The van der Waals surface area contributed by atoms with Gasteiger partial charge in [0.25, 0.3) is 0 Å². The molecule has 2 fully saturated rings. The molecule has 3 N–H and O–H groups in total. The van der Waals surface area contributed by atoms with E-state index in [0.717, 1.165) is 22.3 Å². The van der Waals surface area contributed by atoms with E-state index in [2.05, 4.69) is 41.3 Å². The Morgan fingerprint density at radius 3 is 2.51 bits per heavy atom. The van der Waals surface area contributed by atoms with Crippen LogP contribution >= 0.6 is 15.9 Å². The van der Waals surface area contributed by atoms with Gasteiger partial charge in [0.05, 0.1) is 5.52 Å². The Labute approximate surface area is 255 Å². The number of amides is 2. The fourth-order valence-corrected chi connectivity index (χ4v) is 6.45. The van der Waals surface area contributed by atoms with E-state index in [1.54, 1.807) is 31.5 Å². The summed E-state index contributed by atoms with van der Waals surface area (Å²) < 4.78 is 1.95. The van der Waals surface area contributed by atoms with Crippen LogP contribution in [-0.2, 0) is 16.1 Å². The van der Waals surface area contributed by atoms with Crippen LogP contribution in [0.4, 0.5) is 5.82 Å². The van der Waals surface area contributed by atoms with Crippen LogP contribution in [0.2, 0.25) is 0 Å². The van der Waals surface area contributed by atoms with Crippen molar-refractivity contribution >= 4 is 50.2 Å². The number of carbonyl (C=O) groups excluding carboxylic acids is 3. The average Bonchev–Trinajstić information content (AvgIpc) is 3.21. The molecule has 222 valence electrons. The molecule has 4 aromatic rings. The van der Waals surface area contributed by atoms with E-state index in [-0.39, 0.29) is 18.7 Å². The molecule has 12 nitrogen and oxygen atoms in total. The van der Waals surface area contributed by atoms with Crippen LogP contribution in [-0.4, -0.2) is 75.8 Å². The van der Waals surface area contributed by atoms with Crippen LogP contribution in [0.1, 0.15) is 47.2 Å². The van der Waals surface area contributed by atoms with Gasteiger partial charge in [0.2, 0.25) is 17.6 Å². The summed E-state index contributed by atoms with van der Waals surface area (Å²) in [6.07, 6.45) is 3.99. The Bertz CT molecular complexity index is 1820. The van der Waals surface area contributed by atoms with Gasteiger partial charge in [-0.3, -0.25) is 19.1 Å². The van der Waals surface area contributed by atoms with Crippen molar-refractivity contribution in [1.82, 2.24) is 29.6 Å². The molecule has 0 unspecified atom stereocenters. The molecular formula is C30H30BrN7O5. The summed E-state index contributed by atoms with van der Waals surface area (Å²) in [6, 6.07) is 6.28. The van der Waals surface area contributed by atoms with Gasteiger partial charge >= 0.3 is 0 Å². The number of rotatable bonds is 7. The maximum absolute atomic E-state index is 14.0. The minimum Gasteiger partial charge on any atom is -0.388 e. The predicted octanol–water partition coefficient (Wildman–Crippen LogP) is 3.09. The van der Waals surface area contributed by atoms with Crippen LogP contribution in [0.5, 0.6) is 0 Å². The Kier molecular flexibility index (Phi) is 6.94. The number of pyridine rings is 1. The van der Waals surface area contributed by atoms with Crippen molar-refractivity contribution in [3.63, 3.8) is 0 Å². The van der Waals surface area contributed by atoms with Gasteiger partial charge in [-0.2, -0.15) is 5.10 Å². The third-order valence-electron chi connectivity index (χ3n) is 8.55. The third kappa shape index (κ3) is 4.81. The summed E-state index contributed by atoms with van der Waals surface area (Å²) in [6.45, 7) is 6.19. The second kappa shape index (κ2) is 10.3. The fourth-order valence-electron chi connectivity index (χ4n) is 6.14. The second-order valence-corrected chi connectivity index (χ2v) is 12.4. The van der Waals surface area contributed by atoms with Crippen molar-refractivity contribution < 1.29 is 24.6 Å². The quantitative estimate of drug-likeness (QED) is 0.202. The zero-order chi connectivity index (χ0) is 30.8. The zero-order valence-electron chi connectivity index (χ0n) is 24.1. The lowest BCUT2D eigenvalue weighted by Crippen LogP contribution is -2.51. The van der Waals surface area contributed by atoms with Crippen LogP contribution in [0.15, 0.2) is 41.3 Å². The molecule has 1 saturated heterocycles. The summed E-state index contributed by atoms with van der Waals surface area (Å²) in [5.41, 5.74) is 1.40. The number of benzene rings is 1. The van der Waals surface area contributed by atoms with Crippen LogP contribution in [0, 0.1) is 26.2 Å². The number of aryl methyl sites for hydroxylation is 3. The number of Topliss-reactive ketones (excluding diaryl/α,β-unsaturated/α-hetero) is 1. The summed E-state index contributed by atoms with van der Waals surface area (Å²) in [4.78, 5) is 54.3. The number of ketones is 1. The highest BCUT2D eigenvalue weighted by atomic mass is 79.9. The van der Waals surface area contributed by atoms with Crippen molar-refractivity contribution in [2.75, 3.05) is 11.9 Å². The molecule has 3 atom stereocenters. The zero-order valence-corrected chi connectivity index (χ0v) is 25.6. The summed E-state index contributed by atoms with van der Waals surface area (Å²) in [5, 5.41) is 28.9. The van der Waals surface area contributed by atoms with E-state index in [0.29, 0.717) is 33.6 Å². The fraction of sp³-hybridized carbons (Fsp3) is 0.367. The van der Waals surface area contributed by atoms with Crippen molar-refractivity contribution in [3.8, 4) is 11.1 Å². The monoisotopic (exact) mass is 647 g/mol. The number of likely N-dealkylation sites (tertiary alicyclic amines) is 1. The minimum atomic E-state index is -1.48. The van der Waals surface area contributed by atoms with E-state index in [1.807, 2.05) is 32.9 Å².